The first-order chi connectivity index (χ1) is 8.62. The lowest BCUT2D eigenvalue weighted by Crippen LogP contribution is -2.13. The Labute approximate surface area is 112 Å². The van der Waals surface area contributed by atoms with Crippen LogP contribution in [0.15, 0.2) is 18.2 Å². The van der Waals surface area contributed by atoms with Gasteiger partial charge >= 0.3 is 5.97 Å². The summed E-state index contributed by atoms with van der Waals surface area (Å²) >= 11 is 0. The SMILES string of the molecule is CC(=O)O[C@H](C)c1ccc(C(C)(C)C)cc1[N+](=O)[O-]. The number of nitro benzene ring substituents is 1. The smallest absolute Gasteiger partial charge is 0.303 e. The van der Waals surface area contributed by atoms with Crippen molar-refractivity contribution in [2.24, 2.45) is 0 Å². The number of nitro groups is 1. The van der Waals surface area contributed by atoms with Crippen LogP contribution in [0.1, 0.15) is 51.8 Å². The van der Waals surface area contributed by atoms with E-state index in [9.17, 15) is 14.9 Å². The first-order valence-corrected chi connectivity index (χ1v) is 6.09. The highest BCUT2D eigenvalue weighted by Gasteiger charge is 2.24. The predicted molar refractivity (Wildman–Crippen MR) is 72.0 cm³/mol. The average Bonchev–Trinajstić information content (AvgIpc) is 2.25. The molecule has 0 unspecified atom stereocenters. The van der Waals surface area contributed by atoms with Crippen LogP contribution in [-0.4, -0.2) is 10.9 Å². The summed E-state index contributed by atoms with van der Waals surface area (Å²) in [6.07, 6.45) is -0.632. The molecule has 0 aliphatic carbocycles. The highest BCUT2D eigenvalue weighted by Crippen LogP contribution is 2.32. The summed E-state index contributed by atoms with van der Waals surface area (Å²) in [6, 6.07) is 5.05. The van der Waals surface area contributed by atoms with E-state index in [-0.39, 0.29) is 11.1 Å². The Morgan fingerprint density at radius 2 is 1.95 bits per heavy atom. The molecule has 0 saturated carbocycles. The van der Waals surface area contributed by atoms with Gasteiger partial charge in [0.25, 0.3) is 5.69 Å². The Morgan fingerprint density at radius 3 is 2.37 bits per heavy atom. The van der Waals surface area contributed by atoms with Crippen molar-refractivity contribution in [3.05, 3.63) is 39.4 Å². The topological polar surface area (TPSA) is 69.4 Å². The number of carbonyl (C=O) groups excluding carboxylic acids is 1. The van der Waals surface area contributed by atoms with Crippen molar-refractivity contribution < 1.29 is 14.5 Å². The summed E-state index contributed by atoms with van der Waals surface area (Å²) in [7, 11) is 0. The second-order valence-corrected chi connectivity index (χ2v) is 5.53. The second-order valence-electron chi connectivity index (χ2n) is 5.53. The van der Waals surface area contributed by atoms with E-state index in [0.29, 0.717) is 5.56 Å². The van der Waals surface area contributed by atoms with Crippen LogP contribution < -0.4 is 0 Å². The number of benzene rings is 1. The van der Waals surface area contributed by atoms with E-state index < -0.39 is 17.0 Å². The third-order valence-electron chi connectivity index (χ3n) is 2.87. The Bertz CT molecular complexity index is 503. The number of ether oxygens (including phenoxy) is 1. The molecule has 19 heavy (non-hydrogen) atoms. The molecule has 0 aliphatic rings. The number of esters is 1. The highest BCUT2D eigenvalue weighted by molar-refractivity contribution is 5.66. The van der Waals surface area contributed by atoms with Crippen LogP contribution in [0.2, 0.25) is 0 Å². The van der Waals surface area contributed by atoms with Gasteiger partial charge in [0.05, 0.1) is 10.5 Å². The van der Waals surface area contributed by atoms with Crippen LogP contribution in [0.25, 0.3) is 0 Å². The van der Waals surface area contributed by atoms with Gasteiger partial charge < -0.3 is 4.74 Å². The van der Waals surface area contributed by atoms with Gasteiger partial charge in [0.1, 0.15) is 6.10 Å². The van der Waals surface area contributed by atoms with Gasteiger partial charge in [0, 0.05) is 13.0 Å². The Balaban J connectivity index is 3.26. The summed E-state index contributed by atoms with van der Waals surface area (Å²) in [5.74, 6) is -0.457. The van der Waals surface area contributed by atoms with Crippen molar-refractivity contribution in [2.45, 2.75) is 46.1 Å². The molecule has 0 aliphatic heterocycles. The van der Waals surface area contributed by atoms with Crippen LogP contribution in [0.4, 0.5) is 5.69 Å². The molecule has 0 aromatic heterocycles. The molecule has 1 rings (SSSR count). The van der Waals surface area contributed by atoms with Crippen molar-refractivity contribution in [3.63, 3.8) is 0 Å². The number of hydrogen-bond donors (Lipinski definition) is 0. The number of nitrogens with zero attached hydrogens (tertiary/aromatic N) is 1. The molecule has 5 nitrogen and oxygen atoms in total. The van der Waals surface area contributed by atoms with E-state index >= 15 is 0 Å². The molecule has 5 heteroatoms. The fourth-order valence-electron chi connectivity index (χ4n) is 1.82. The summed E-state index contributed by atoms with van der Waals surface area (Å²) in [4.78, 5) is 21.7. The largest absolute Gasteiger partial charge is 0.458 e. The van der Waals surface area contributed by atoms with Crippen molar-refractivity contribution >= 4 is 11.7 Å². The van der Waals surface area contributed by atoms with Crippen LogP contribution in [0, 0.1) is 10.1 Å². The van der Waals surface area contributed by atoms with Gasteiger partial charge in [-0.3, -0.25) is 14.9 Å². The molecular weight excluding hydrogens is 246 g/mol. The van der Waals surface area contributed by atoms with Gasteiger partial charge in [-0.05, 0) is 24.0 Å². The first-order valence-electron chi connectivity index (χ1n) is 6.09. The third kappa shape index (κ3) is 3.77. The lowest BCUT2D eigenvalue weighted by molar-refractivity contribution is -0.386. The third-order valence-corrected chi connectivity index (χ3v) is 2.87. The number of carbonyl (C=O) groups is 1. The zero-order valence-electron chi connectivity index (χ0n) is 11.9. The van der Waals surface area contributed by atoms with Gasteiger partial charge in [-0.2, -0.15) is 0 Å². The van der Waals surface area contributed by atoms with Crippen molar-refractivity contribution in [2.75, 3.05) is 0 Å². The monoisotopic (exact) mass is 265 g/mol. The molecule has 104 valence electrons. The van der Waals surface area contributed by atoms with Gasteiger partial charge in [-0.15, -0.1) is 0 Å². The fourth-order valence-corrected chi connectivity index (χ4v) is 1.82. The van der Waals surface area contributed by atoms with E-state index in [1.807, 2.05) is 26.8 Å². The fraction of sp³-hybridized carbons (Fsp3) is 0.500. The van der Waals surface area contributed by atoms with E-state index in [1.165, 1.54) is 6.92 Å². The predicted octanol–water partition coefficient (Wildman–Crippen LogP) is 3.52. The quantitative estimate of drug-likeness (QED) is 0.476. The molecule has 0 radical (unpaired) electrons. The summed E-state index contributed by atoms with van der Waals surface area (Å²) < 4.78 is 5.01. The van der Waals surface area contributed by atoms with Gasteiger partial charge in [0.2, 0.25) is 0 Å². The zero-order chi connectivity index (χ0) is 14.8. The van der Waals surface area contributed by atoms with E-state index in [4.69, 9.17) is 4.74 Å². The average molecular weight is 265 g/mol. The van der Waals surface area contributed by atoms with Crippen molar-refractivity contribution in [1.82, 2.24) is 0 Å². The lowest BCUT2D eigenvalue weighted by atomic mass is 9.86. The maximum absolute atomic E-state index is 11.2. The molecular formula is C14H19NO4. The summed E-state index contributed by atoms with van der Waals surface area (Å²) in [5.41, 5.74) is 1.10. The zero-order valence-corrected chi connectivity index (χ0v) is 11.9. The summed E-state index contributed by atoms with van der Waals surface area (Å²) in [6.45, 7) is 8.87. The van der Waals surface area contributed by atoms with Crippen LogP contribution in [-0.2, 0) is 14.9 Å². The first kappa shape index (κ1) is 15.1. The molecule has 1 atom stereocenters. The summed E-state index contributed by atoms with van der Waals surface area (Å²) in [5, 5.41) is 11.2. The van der Waals surface area contributed by atoms with E-state index in [0.717, 1.165) is 5.56 Å². The Hall–Kier alpha value is -1.91. The van der Waals surface area contributed by atoms with Crippen molar-refractivity contribution in [1.29, 1.82) is 0 Å². The van der Waals surface area contributed by atoms with Crippen LogP contribution in [0.5, 0.6) is 0 Å². The molecule has 0 amide bonds. The number of rotatable bonds is 3. The minimum Gasteiger partial charge on any atom is -0.458 e. The normalized spacial score (nSPS) is 12.9. The highest BCUT2D eigenvalue weighted by atomic mass is 16.6. The minimum absolute atomic E-state index is 0.0128. The minimum atomic E-state index is -0.632. The van der Waals surface area contributed by atoms with Crippen molar-refractivity contribution in [3.8, 4) is 0 Å². The molecule has 0 heterocycles. The Kier molecular flexibility index (Phi) is 4.29. The standard InChI is InChI=1S/C14H19NO4/c1-9(19-10(2)16)12-7-6-11(14(3,4)5)8-13(12)15(17)18/h6-9H,1-5H3/t9-/m1/s1. The molecule has 0 spiro atoms. The maximum Gasteiger partial charge on any atom is 0.303 e. The molecule has 0 saturated heterocycles. The van der Waals surface area contributed by atoms with Crippen LogP contribution in [0.3, 0.4) is 0 Å². The van der Waals surface area contributed by atoms with E-state index in [2.05, 4.69) is 0 Å². The lowest BCUT2D eigenvalue weighted by Gasteiger charge is -2.20. The number of hydrogen-bond acceptors (Lipinski definition) is 4. The molecule has 1 aromatic carbocycles. The maximum atomic E-state index is 11.2. The molecule has 0 fully saturated rings. The van der Waals surface area contributed by atoms with Gasteiger partial charge in [-0.1, -0.05) is 26.8 Å². The Morgan fingerprint density at radius 1 is 1.37 bits per heavy atom. The molecule has 0 bridgehead atoms. The van der Waals surface area contributed by atoms with Gasteiger partial charge in [0.15, 0.2) is 0 Å². The van der Waals surface area contributed by atoms with Crippen LogP contribution >= 0.6 is 0 Å². The molecule has 0 N–H and O–H groups in total. The van der Waals surface area contributed by atoms with E-state index in [1.54, 1.807) is 19.1 Å². The second kappa shape index (κ2) is 5.38. The molecule has 1 aromatic rings. The van der Waals surface area contributed by atoms with Gasteiger partial charge in [-0.25, -0.2) is 0 Å².